The molecule has 1 saturated carbocycles. The molecule has 0 saturated heterocycles. The van der Waals surface area contributed by atoms with Crippen molar-refractivity contribution in [3.05, 3.63) is 58.8 Å². The summed E-state index contributed by atoms with van der Waals surface area (Å²) in [6, 6.07) is 11.3. The Balaban J connectivity index is 1.59. The molecule has 0 radical (unpaired) electrons. The van der Waals surface area contributed by atoms with Crippen LogP contribution in [0, 0.1) is 5.92 Å². The lowest BCUT2D eigenvalue weighted by atomic mass is 9.69. The first kappa shape index (κ1) is 27.7. The van der Waals surface area contributed by atoms with Gasteiger partial charge in [-0.05, 0) is 68.7 Å². The second-order valence-corrected chi connectivity index (χ2v) is 10.6. The van der Waals surface area contributed by atoms with Crippen molar-refractivity contribution in [1.29, 1.82) is 0 Å². The van der Waals surface area contributed by atoms with Crippen molar-refractivity contribution in [2.24, 2.45) is 10.9 Å². The number of ether oxygens (including phenoxy) is 5. The molecule has 0 bridgehead atoms. The number of methoxy groups -OCH3 is 4. The minimum Gasteiger partial charge on any atom is -0.493 e. The molecule has 3 atom stereocenters. The number of carbonyl (C=O) groups is 2. The second kappa shape index (κ2) is 11.7. The Hall–Kier alpha value is -3.81. The van der Waals surface area contributed by atoms with Crippen molar-refractivity contribution in [3.8, 4) is 23.0 Å². The zero-order valence-electron chi connectivity index (χ0n) is 23.8. The first-order valence-electron chi connectivity index (χ1n) is 13.8. The Morgan fingerprint density at radius 1 is 0.875 bits per heavy atom. The largest absolute Gasteiger partial charge is 0.493 e. The lowest BCUT2D eigenvalue weighted by molar-refractivity contribution is -0.151. The van der Waals surface area contributed by atoms with Crippen LogP contribution in [0.5, 0.6) is 23.0 Å². The van der Waals surface area contributed by atoms with Gasteiger partial charge >= 0.3 is 5.97 Å². The van der Waals surface area contributed by atoms with Crippen molar-refractivity contribution >= 4 is 17.5 Å². The number of nitrogens with zero attached hydrogens (tertiary/aromatic N) is 1. The van der Waals surface area contributed by atoms with E-state index in [0.717, 1.165) is 36.8 Å². The van der Waals surface area contributed by atoms with Crippen LogP contribution in [0.2, 0.25) is 0 Å². The summed E-state index contributed by atoms with van der Waals surface area (Å²) in [4.78, 5) is 32.7. The Kier molecular flexibility index (Phi) is 8.14. The van der Waals surface area contributed by atoms with Crippen LogP contribution in [0.1, 0.15) is 68.4 Å². The van der Waals surface area contributed by atoms with Crippen molar-refractivity contribution in [3.63, 3.8) is 0 Å². The molecule has 2 aromatic rings. The number of hydrogen-bond donors (Lipinski definition) is 0. The van der Waals surface area contributed by atoms with Gasteiger partial charge in [0, 0.05) is 34.9 Å². The average molecular weight is 548 g/mol. The summed E-state index contributed by atoms with van der Waals surface area (Å²) in [5.74, 6) is 0.500. The summed E-state index contributed by atoms with van der Waals surface area (Å²) in [7, 11) is 6.34. The van der Waals surface area contributed by atoms with Crippen LogP contribution in [0.4, 0.5) is 0 Å². The van der Waals surface area contributed by atoms with Gasteiger partial charge in [-0.2, -0.15) is 0 Å². The van der Waals surface area contributed by atoms with Gasteiger partial charge in [0.25, 0.3) is 0 Å². The van der Waals surface area contributed by atoms with Crippen molar-refractivity contribution in [2.75, 3.05) is 28.4 Å². The Bertz CT molecular complexity index is 1360. The number of benzene rings is 2. The quantitative estimate of drug-likeness (QED) is 0.387. The molecule has 0 spiro atoms. The maximum atomic E-state index is 14.0. The SMILES string of the molecule is COc1ccc([C@@H]2CC(=O)C3=C(C2)N=C(C)C(C(=O)OC2CCCC2)[C@@H]3c2cccc(OC)c2OC)cc1OC. The third-order valence-corrected chi connectivity index (χ3v) is 8.38. The zero-order chi connectivity index (χ0) is 28.4. The van der Waals surface area contributed by atoms with Gasteiger partial charge in [0.05, 0.1) is 28.4 Å². The van der Waals surface area contributed by atoms with Gasteiger partial charge in [-0.15, -0.1) is 0 Å². The highest BCUT2D eigenvalue weighted by Gasteiger charge is 2.46. The lowest BCUT2D eigenvalue weighted by Crippen LogP contribution is -2.39. The number of rotatable bonds is 8. The van der Waals surface area contributed by atoms with E-state index in [4.69, 9.17) is 28.7 Å². The second-order valence-electron chi connectivity index (χ2n) is 10.6. The van der Waals surface area contributed by atoms with E-state index in [9.17, 15) is 9.59 Å². The molecule has 8 heteroatoms. The molecule has 2 aromatic carbocycles. The lowest BCUT2D eigenvalue weighted by Gasteiger charge is -2.37. The third-order valence-electron chi connectivity index (χ3n) is 8.38. The number of allylic oxidation sites excluding steroid dienone is 2. The summed E-state index contributed by atoms with van der Waals surface area (Å²) >= 11 is 0. The highest BCUT2D eigenvalue weighted by molar-refractivity contribution is 6.09. The maximum Gasteiger partial charge on any atom is 0.315 e. The predicted octanol–water partition coefficient (Wildman–Crippen LogP) is 5.78. The van der Waals surface area contributed by atoms with Crippen molar-refractivity contribution in [1.82, 2.24) is 0 Å². The van der Waals surface area contributed by atoms with Crippen LogP contribution in [0.3, 0.4) is 0 Å². The van der Waals surface area contributed by atoms with E-state index in [1.165, 1.54) is 0 Å². The molecule has 8 nitrogen and oxygen atoms in total. The number of esters is 1. The highest BCUT2D eigenvalue weighted by atomic mass is 16.5. The monoisotopic (exact) mass is 547 g/mol. The summed E-state index contributed by atoms with van der Waals surface area (Å²) in [5, 5.41) is 0. The molecule has 3 aliphatic rings. The molecule has 1 heterocycles. The Labute approximate surface area is 235 Å². The van der Waals surface area contributed by atoms with Crippen LogP contribution in [-0.4, -0.2) is 52.0 Å². The van der Waals surface area contributed by atoms with E-state index in [0.29, 0.717) is 46.4 Å². The minimum atomic E-state index is -0.734. The van der Waals surface area contributed by atoms with Gasteiger partial charge in [-0.25, -0.2) is 0 Å². The molecule has 40 heavy (non-hydrogen) atoms. The van der Waals surface area contributed by atoms with Gasteiger partial charge in [-0.1, -0.05) is 18.2 Å². The summed E-state index contributed by atoms with van der Waals surface area (Å²) in [6.45, 7) is 1.86. The summed E-state index contributed by atoms with van der Waals surface area (Å²) in [5.41, 5.74) is 3.59. The van der Waals surface area contributed by atoms with Crippen LogP contribution in [-0.2, 0) is 14.3 Å². The zero-order valence-corrected chi connectivity index (χ0v) is 23.8. The van der Waals surface area contributed by atoms with Crippen molar-refractivity contribution < 1.29 is 33.3 Å². The van der Waals surface area contributed by atoms with E-state index >= 15 is 0 Å². The number of ketones is 1. The molecule has 5 rings (SSSR count). The maximum absolute atomic E-state index is 14.0. The van der Waals surface area contributed by atoms with E-state index in [-0.39, 0.29) is 30.2 Å². The molecular weight excluding hydrogens is 510 g/mol. The van der Waals surface area contributed by atoms with Crippen LogP contribution >= 0.6 is 0 Å². The standard InChI is InChI=1S/C32H37NO7/c1-18-28(32(35)40-21-9-6-7-10-21)29(22-11-8-12-26(37-3)31(22)39-5)30-23(33-18)15-20(16-24(30)34)19-13-14-25(36-2)27(17-19)38-4/h8,11-14,17,20-21,28-29H,6-7,9-10,15-16H2,1-5H3/t20-,28?,29-/m0/s1. The van der Waals surface area contributed by atoms with Crippen LogP contribution in [0.15, 0.2) is 52.7 Å². The molecule has 1 unspecified atom stereocenters. The fourth-order valence-corrected chi connectivity index (χ4v) is 6.44. The molecule has 0 N–H and O–H groups in total. The highest BCUT2D eigenvalue weighted by Crippen LogP contribution is 2.50. The van der Waals surface area contributed by atoms with Gasteiger partial charge < -0.3 is 23.7 Å². The van der Waals surface area contributed by atoms with Gasteiger partial charge in [0.2, 0.25) is 0 Å². The van der Waals surface area contributed by atoms with Crippen molar-refractivity contribution in [2.45, 2.75) is 63.4 Å². The fourth-order valence-electron chi connectivity index (χ4n) is 6.44. The molecule has 1 aliphatic heterocycles. The van der Waals surface area contributed by atoms with E-state index < -0.39 is 11.8 Å². The third kappa shape index (κ3) is 5.07. The summed E-state index contributed by atoms with van der Waals surface area (Å²) in [6.07, 6.45) is 4.57. The minimum absolute atomic E-state index is 0.0363. The number of carbonyl (C=O) groups excluding carboxylic acids is 2. The molecule has 1 fully saturated rings. The molecule has 2 aliphatic carbocycles. The Morgan fingerprint density at radius 2 is 1.60 bits per heavy atom. The van der Waals surface area contributed by atoms with E-state index in [1.807, 2.05) is 43.3 Å². The normalized spacial score (nSPS) is 22.9. The van der Waals surface area contributed by atoms with Crippen LogP contribution < -0.4 is 18.9 Å². The topological polar surface area (TPSA) is 92.7 Å². The molecule has 212 valence electrons. The van der Waals surface area contributed by atoms with Gasteiger partial charge in [0.15, 0.2) is 28.8 Å². The Morgan fingerprint density at radius 3 is 2.27 bits per heavy atom. The van der Waals surface area contributed by atoms with Gasteiger partial charge in [-0.3, -0.25) is 14.6 Å². The number of hydrogen-bond acceptors (Lipinski definition) is 8. The smallest absolute Gasteiger partial charge is 0.315 e. The van der Waals surface area contributed by atoms with E-state index in [1.54, 1.807) is 28.4 Å². The molecular formula is C32H37NO7. The number of Topliss-reactive ketones (excluding diaryl/α,β-unsaturated/α-hetero) is 1. The first-order chi connectivity index (χ1) is 19.4. The predicted molar refractivity (Wildman–Crippen MR) is 151 cm³/mol. The number of para-hydroxylation sites is 1. The summed E-state index contributed by atoms with van der Waals surface area (Å²) < 4.78 is 28.3. The van der Waals surface area contributed by atoms with E-state index in [2.05, 4.69) is 0 Å². The average Bonchev–Trinajstić information content (AvgIpc) is 3.48. The molecule has 0 amide bonds. The fraction of sp³-hybridized carbons (Fsp3) is 0.469. The first-order valence-corrected chi connectivity index (χ1v) is 13.8. The number of aliphatic imine (C=N–C) groups is 1. The van der Waals surface area contributed by atoms with Gasteiger partial charge in [0.1, 0.15) is 12.0 Å². The van der Waals surface area contributed by atoms with Crippen LogP contribution in [0.25, 0.3) is 0 Å². The molecule has 0 aromatic heterocycles.